The van der Waals surface area contributed by atoms with Gasteiger partial charge in [-0.3, -0.25) is 9.59 Å². The van der Waals surface area contributed by atoms with E-state index in [1.54, 1.807) is 24.3 Å². The number of hydrogen-bond donors (Lipinski definition) is 5. The maximum absolute atomic E-state index is 12.5. The molecule has 3 aromatic rings. The van der Waals surface area contributed by atoms with Gasteiger partial charge in [0, 0.05) is 12.5 Å². The third-order valence-electron chi connectivity index (χ3n) is 4.73. The van der Waals surface area contributed by atoms with Crippen LogP contribution in [0, 0.1) is 0 Å². The summed E-state index contributed by atoms with van der Waals surface area (Å²) in [7, 11) is -4.25. The lowest BCUT2D eigenvalue weighted by molar-refractivity contribution is -0.140. The molecule has 7 N–H and O–H groups in total. The molecular weight excluding hydrogens is 504 g/mol. The molecule has 3 rings (SSSR count). The standard InChI is InChI=1S/C22H22N8O6S/c23-20-17(28-26-13-4-2-1-3-5-13)12-18(21(24)25-20)29-27-14-6-8-15(9-7-14)37(35,36)30-16(22(33)34)10-11-19(31)32/h1-9,12,16,30H,10-11H2,(H,31,32)(H,33,34)(H4,23,24,25)/b28-26+,29-27+/t16-/m1/s1. The Bertz CT molecular complexity index is 1440. The topological polar surface area (TPSA) is 235 Å². The van der Waals surface area contributed by atoms with Crippen molar-refractivity contribution in [3.05, 3.63) is 60.7 Å². The molecule has 0 radical (unpaired) electrons. The summed E-state index contributed by atoms with van der Waals surface area (Å²) in [5, 5.41) is 34.1. The molecule has 0 bridgehead atoms. The molecule has 14 nitrogen and oxygen atoms in total. The zero-order valence-electron chi connectivity index (χ0n) is 19.1. The summed E-state index contributed by atoms with van der Waals surface area (Å²) in [6, 6.07) is 13.8. The molecule has 192 valence electrons. The van der Waals surface area contributed by atoms with E-state index in [9.17, 15) is 23.1 Å². The van der Waals surface area contributed by atoms with E-state index in [1.165, 1.54) is 30.3 Å². The van der Waals surface area contributed by atoms with Gasteiger partial charge in [0.15, 0.2) is 11.6 Å². The Kier molecular flexibility index (Phi) is 8.55. The van der Waals surface area contributed by atoms with Crippen molar-refractivity contribution in [1.82, 2.24) is 9.71 Å². The third-order valence-corrected chi connectivity index (χ3v) is 6.22. The predicted octanol–water partition coefficient (Wildman–Crippen LogP) is 3.67. The minimum Gasteiger partial charge on any atom is -0.481 e. The number of rotatable bonds is 11. The lowest BCUT2D eigenvalue weighted by Gasteiger charge is -2.14. The summed E-state index contributed by atoms with van der Waals surface area (Å²) in [5.74, 6) is -2.71. The number of carboxylic acid groups (broad SMARTS) is 2. The summed E-state index contributed by atoms with van der Waals surface area (Å²) in [4.78, 5) is 25.7. The van der Waals surface area contributed by atoms with Crippen molar-refractivity contribution in [2.75, 3.05) is 11.5 Å². The fourth-order valence-electron chi connectivity index (χ4n) is 2.85. The Morgan fingerprint density at radius 1 is 0.865 bits per heavy atom. The highest BCUT2D eigenvalue weighted by atomic mass is 32.2. The van der Waals surface area contributed by atoms with Crippen LogP contribution < -0.4 is 16.2 Å². The minimum absolute atomic E-state index is 0.00983. The number of hydrogen-bond acceptors (Lipinski definition) is 11. The molecule has 0 saturated heterocycles. The van der Waals surface area contributed by atoms with Gasteiger partial charge in [-0.2, -0.15) is 15.0 Å². The van der Waals surface area contributed by atoms with Crippen LogP contribution in [0.25, 0.3) is 0 Å². The number of nitrogen functional groups attached to an aromatic ring is 2. The monoisotopic (exact) mass is 526 g/mol. The normalized spacial score (nSPS) is 12.6. The van der Waals surface area contributed by atoms with Gasteiger partial charge < -0.3 is 21.7 Å². The molecule has 0 spiro atoms. The quantitative estimate of drug-likeness (QED) is 0.229. The van der Waals surface area contributed by atoms with Crippen LogP contribution in [-0.2, 0) is 19.6 Å². The van der Waals surface area contributed by atoms with E-state index in [0.717, 1.165) is 0 Å². The molecule has 0 aliphatic carbocycles. The number of carbonyl (C=O) groups is 2. The fourth-order valence-corrected chi connectivity index (χ4v) is 4.07. The van der Waals surface area contributed by atoms with E-state index in [2.05, 4.69) is 25.4 Å². The van der Waals surface area contributed by atoms with Crippen molar-refractivity contribution >= 4 is 56.3 Å². The first-order chi connectivity index (χ1) is 17.5. The van der Waals surface area contributed by atoms with Crippen LogP contribution in [0.2, 0.25) is 0 Å². The van der Waals surface area contributed by atoms with Gasteiger partial charge >= 0.3 is 11.9 Å². The lowest BCUT2D eigenvalue weighted by atomic mass is 10.2. The number of azo groups is 2. The van der Waals surface area contributed by atoms with Gasteiger partial charge in [0.25, 0.3) is 0 Å². The van der Waals surface area contributed by atoms with E-state index < -0.39 is 40.8 Å². The van der Waals surface area contributed by atoms with Gasteiger partial charge in [-0.05, 0) is 42.8 Å². The summed E-state index contributed by atoms with van der Waals surface area (Å²) < 4.78 is 27.0. The van der Waals surface area contributed by atoms with E-state index in [1.807, 2.05) is 10.8 Å². The molecule has 15 heteroatoms. The molecule has 2 aromatic carbocycles. The molecule has 0 amide bonds. The number of nitrogens with two attached hydrogens (primary N) is 2. The van der Waals surface area contributed by atoms with Crippen molar-refractivity contribution in [1.29, 1.82) is 0 Å². The van der Waals surface area contributed by atoms with Gasteiger partial charge in [-0.1, -0.05) is 18.2 Å². The van der Waals surface area contributed by atoms with Crippen LogP contribution >= 0.6 is 0 Å². The minimum atomic E-state index is -4.25. The van der Waals surface area contributed by atoms with Crippen LogP contribution in [0.4, 0.5) is 34.4 Å². The Labute approximate surface area is 210 Å². The smallest absolute Gasteiger partial charge is 0.321 e. The molecule has 0 aliphatic rings. The van der Waals surface area contributed by atoms with Crippen molar-refractivity contribution in [2.45, 2.75) is 23.8 Å². The first kappa shape index (κ1) is 26.8. The number of pyridine rings is 1. The van der Waals surface area contributed by atoms with Crippen LogP contribution in [0.5, 0.6) is 0 Å². The molecule has 1 atom stereocenters. The molecule has 0 fully saturated rings. The maximum atomic E-state index is 12.5. The average molecular weight is 527 g/mol. The van der Waals surface area contributed by atoms with Crippen molar-refractivity contribution in [3.63, 3.8) is 0 Å². The molecular formula is C22H22N8O6S. The van der Waals surface area contributed by atoms with Crippen molar-refractivity contribution in [2.24, 2.45) is 20.5 Å². The van der Waals surface area contributed by atoms with Gasteiger partial charge in [-0.15, -0.1) is 10.2 Å². The Balaban J connectivity index is 1.76. The van der Waals surface area contributed by atoms with Crippen LogP contribution in [-0.4, -0.2) is 41.6 Å². The summed E-state index contributed by atoms with van der Waals surface area (Å²) >= 11 is 0. The zero-order chi connectivity index (χ0) is 27.0. The lowest BCUT2D eigenvalue weighted by Crippen LogP contribution is -2.41. The Hall–Kier alpha value is -4.76. The van der Waals surface area contributed by atoms with Gasteiger partial charge in [-0.25, -0.2) is 13.4 Å². The number of nitrogens with one attached hydrogen (secondary N) is 1. The van der Waals surface area contributed by atoms with Gasteiger partial charge in [0.05, 0.1) is 16.3 Å². The van der Waals surface area contributed by atoms with Crippen LogP contribution in [0.1, 0.15) is 12.8 Å². The molecule has 1 aromatic heterocycles. The first-order valence-corrected chi connectivity index (χ1v) is 12.0. The van der Waals surface area contributed by atoms with E-state index in [-0.39, 0.29) is 33.6 Å². The number of anilines is 2. The van der Waals surface area contributed by atoms with E-state index in [0.29, 0.717) is 5.69 Å². The van der Waals surface area contributed by atoms with Gasteiger partial charge in [0.2, 0.25) is 10.0 Å². The Morgan fingerprint density at radius 2 is 1.41 bits per heavy atom. The molecule has 37 heavy (non-hydrogen) atoms. The average Bonchev–Trinajstić information content (AvgIpc) is 2.86. The predicted molar refractivity (Wildman–Crippen MR) is 133 cm³/mol. The third kappa shape index (κ3) is 7.61. The zero-order valence-corrected chi connectivity index (χ0v) is 19.9. The van der Waals surface area contributed by atoms with Crippen LogP contribution in [0.3, 0.4) is 0 Å². The maximum Gasteiger partial charge on any atom is 0.321 e. The molecule has 0 aliphatic heterocycles. The number of carboxylic acids is 2. The second-order valence-corrected chi connectivity index (χ2v) is 9.19. The number of aromatic nitrogens is 1. The largest absolute Gasteiger partial charge is 0.481 e. The van der Waals surface area contributed by atoms with Crippen molar-refractivity contribution in [3.8, 4) is 0 Å². The van der Waals surface area contributed by atoms with Crippen molar-refractivity contribution < 1.29 is 28.2 Å². The highest BCUT2D eigenvalue weighted by molar-refractivity contribution is 7.89. The number of benzene rings is 2. The van der Waals surface area contributed by atoms with Gasteiger partial charge in [0.1, 0.15) is 17.4 Å². The first-order valence-electron chi connectivity index (χ1n) is 10.6. The molecule has 1 heterocycles. The fraction of sp³-hybridized carbons (Fsp3) is 0.136. The summed E-state index contributed by atoms with van der Waals surface area (Å²) in [6.07, 6.45) is -0.933. The number of sulfonamides is 1. The number of nitrogens with zero attached hydrogens (tertiary/aromatic N) is 5. The second kappa shape index (κ2) is 11.8. The second-order valence-electron chi connectivity index (χ2n) is 7.47. The highest BCUT2D eigenvalue weighted by Crippen LogP contribution is 2.32. The molecule has 0 unspecified atom stereocenters. The van der Waals surface area contributed by atoms with Crippen LogP contribution in [0.15, 0.2) is 86.0 Å². The highest BCUT2D eigenvalue weighted by Gasteiger charge is 2.26. The number of aliphatic carboxylic acids is 2. The SMILES string of the molecule is Nc1nc(N)c(/N=N/c2ccc(S(=O)(=O)N[C@H](CCC(=O)O)C(=O)O)cc2)cc1/N=N/c1ccccc1. The van der Waals surface area contributed by atoms with E-state index >= 15 is 0 Å². The summed E-state index contributed by atoms with van der Waals surface area (Å²) in [6.45, 7) is 0. The summed E-state index contributed by atoms with van der Waals surface area (Å²) in [5.41, 5.74) is 12.9. The Morgan fingerprint density at radius 3 is 1.92 bits per heavy atom. The molecule has 0 saturated carbocycles. The van der Waals surface area contributed by atoms with E-state index in [4.69, 9.17) is 16.6 Å².